The summed E-state index contributed by atoms with van der Waals surface area (Å²) < 4.78 is 6.78. The van der Waals surface area contributed by atoms with Gasteiger partial charge >= 0.3 is 11.7 Å². The molecule has 0 radical (unpaired) electrons. The molecule has 2 heterocycles. The summed E-state index contributed by atoms with van der Waals surface area (Å²) in [5, 5.41) is 9.79. The number of rotatable bonds is 2. The van der Waals surface area contributed by atoms with Crippen LogP contribution in [0.25, 0.3) is 11.0 Å². The third-order valence-corrected chi connectivity index (χ3v) is 2.89. The zero-order valence-electron chi connectivity index (χ0n) is 11.2. The van der Waals surface area contributed by atoms with Gasteiger partial charge in [-0.2, -0.15) is 0 Å². The summed E-state index contributed by atoms with van der Waals surface area (Å²) >= 11 is 0. The van der Waals surface area contributed by atoms with Crippen LogP contribution in [-0.4, -0.2) is 31.8 Å². The molecule has 0 fully saturated rings. The molecule has 0 aromatic carbocycles. The Hall–Kier alpha value is -2.64. The number of nitrogens with zero attached hydrogens (tertiary/aromatic N) is 3. The number of aryl methyl sites for hydroxylation is 1. The molecule has 0 aliphatic heterocycles. The van der Waals surface area contributed by atoms with Crippen LogP contribution < -0.4 is 11.2 Å². The molecule has 2 aromatic rings. The summed E-state index contributed by atoms with van der Waals surface area (Å²) in [6.45, 7) is 1.72. The molecular weight excluding hydrogens is 266 g/mol. The lowest BCUT2D eigenvalue weighted by atomic mass is 10.2. The first kappa shape index (κ1) is 13.8. The summed E-state index contributed by atoms with van der Waals surface area (Å²) in [6.07, 6.45) is 0. The van der Waals surface area contributed by atoms with Crippen LogP contribution in [0, 0.1) is 0 Å². The average Bonchev–Trinajstić information content (AvgIpc) is 2.42. The largest absolute Gasteiger partial charge is 0.505 e. The van der Waals surface area contributed by atoms with Crippen LogP contribution in [0.15, 0.2) is 15.7 Å². The van der Waals surface area contributed by atoms with E-state index in [9.17, 15) is 19.5 Å². The van der Waals surface area contributed by atoms with Crippen molar-refractivity contribution < 1.29 is 14.6 Å². The van der Waals surface area contributed by atoms with Crippen molar-refractivity contribution in [3.05, 3.63) is 32.6 Å². The number of carbonyl (C=O) groups excluding carboxylic acids is 1. The maximum absolute atomic E-state index is 12.0. The summed E-state index contributed by atoms with van der Waals surface area (Å²) in [5.41, 5.74) is -1.49. The molecule has 106 valence electrons. The van der Waals surface area contributed by atoms with E-state index >= 15 is 0 Å². The van der Waals surface area contributed by atoms with Crippen molar-refractivity contribution in [2.75, 3.05) is 6.61 Å². The summed E-state index contributed by atoms with van der Waals surface area (Å²) in [5.74, 6) is -1.28. The fourth-order valence-electron chi connectivity index (χ4n) is 1.83. The third-order valence-electron chi connectivity index (χ3n) is 2.89. The number of aromatic nitrogens is 3. The summed E-state index contributed by atoms with van der Waals surface area (Å²) in [4.78, 5) is 39.2. The molecule has 20 heavy (non-hydrogen) atoms. The molecule has 1 N–H and O–H groups in total. The van der Waals surface area contributed by atoms with E-state index in [2.05, 4.69) is 4.98 Å². The number of ether oxygens (including phenoxy) is 1. The number of carbonyl (C=O) groups is 1. The van der Waals surface area contributed by atoms with Crippen LogP contribution in [0.4, 0.5) is 0 Å². The van der Waals surface area contributed by atoms with Gasteiger partial charge in [0, 0.05) is 20.2 Å². The quantitative estimate of drug-likeness (QED) is 0.744. The van der Waals surface area contributed by atoms with Gasteiger partial charge in [-0.3, -0.25) is 13.9 Å². The van der Waals surface area contributed by atoms with Crippen LogP contribution in [-0.2, 0) is 18.8 Å². The minimum atomic E-state index is -0.831. The number of aromatic hydroxyl groups is 1. The number of hydrogen-bond acceptors (Lipinski definition) is 6. The predicted molar refractivity (Wildman–Crippen MR) is 69.8 cm³/mol. The molecule has 0 saturated carbocycles. The van der Waals surface area contributed by atoms with Gasteiger partial charge in [-0.1, -0.05) is 0 Å². The first-order chi connectivity index (χ1) is 9.38. The van der Waals surface area contributed by atoms with Gasteiger partial charge in [-0.15, -0.1) is 0 Å². The van der Waals surface area contributed by atoms with Gasteiger partial charge < -0.3 is 9.84 Å². The van der Waals surface area contributed by atoms with Crippen LogP contribution in [0.5, 0.6) is 5.75 Å². The molecule has 8 heteroatoms. The Balaban J connectivity index is 2.87. The van der Waals surface area contributed by atoms with E-state index in [1.54, 1.807) is 6.92 Å². The van der Waals surface area contributed by atoms with E-state index in [1.165, 1.54) is 18.7 Å². The molecule has 0 spiro atoms. The number of hydrogen-bond donors (Lipinski definition) is 1. The minimum Gasteiger partial charge on any atom is -0.505 e. The Morgan fingerprint density at radius 2 is 2.00 bits per heavy atom. The van der Waals surface area contributed by atoms with Gasteiger partial charge in [0.25, 0.3) is 5.56 Å². The molecule has 0 aliphatic carbocycles. The maximum atomic E-state index is 12.0. The SMILES string of the molecule is CCOC(=O)c1nc2c(=O)n(C)c(=O)n(C)c2cc1O. The maximum Gasteiger partial charge on any atom is 0.360 e. The lowest BCUT2D eigenvalue weighted by Gasteiger charge is -2.09. The molecule has 0 amide bonds. The summed E-state index contributed by atoms with van der Waals surface area (Å²) in [6, 6.07) is 1.15. The van der Waals surface area contributed by atoms with Gasteiger partial charge in [0.1, 0.15) is 0 Å². The van der Waals surface area contributed by atoms with E-state index in [-0.39, 0.29) is 23.3 Å². The zero-order chi connectivity index (χ0) is 15.0. The van der Waals surface area contributed by atoms with E-state index in [1.807, 2.05) is 0 Å². The third kappa shape index (κ3) is 1.94. The van der Waals surface area contributed by atoms with Crippen molar-refractivity contribution in [1.29, 1.82) is 0 Å². The topological polar surface area (TPSA) is 103 Å². The van der Waals surface area contributed by atoms with E-state index in [4.69, 9.17) is 4.74 Å². The lowest BCUT2D eigenvalue weighted by Crippen LogP contribution is -2.37. The molecule has 0 aliphatic rings. The highest BCUT2D eigenvalue weighted by atomic mass is 16.5. The molecule has 0 atom stereocenters. The van der Waals surface area contributed by atoms with Gasteiger partial charge in [0.2, 0.25) is 0 Å². The fraction of sp³-hybridized carbons (Fsp3) is 0.333. The van der Waals surface area contributed by atoms with Gasteiger partial charge in [-0.25, -0.2) is 14.6 Å². The number of pyridine rings is 1. The second-order valence-corrected chi connectivity index (χ2v) is 4.15. The second kappa shape index (κ2) is 4.80. The Labute approximate surface area is 112 Å². The molecule has 0 saturated heterocycles. The monoisotopic (exact) mass is 279 g/mol. The van der Waals surface area contributed by atoms with Crippen molar-refractivity contribution in [3.8, 4) is 5.75 Å². The Morgan fingerprint density at radius 3 is 2.60 bits per heavy atom. The van der Waals surface area contributed by atoms with Gasteiger partial charge in [0.15, 0.2) is 17.0 Å². The van der Waals surface area contributed by atoms with E-state index in [0.29, 0.717) is 0 Å². The number of fused-ring (bicyclic) bond motifs is 1. The molecule has 2 rings (SSSR count). The molecule has 8 nitrogen and oxygen atoms in total. The van der Waals surface area contributed by atoms with Crippen molar-refractivity contribution in [2.45, 2.75) is 6.92 Å². The molecule has 0 unspecified atom stereocenters. The molecule has 2 aromatic heterocycles. The number of esters is 1. The van der Waals surface area contributed by atoms with Crippen LogP contribution in [0.3, 0.4) is 0 Å². The van der Waals surface area contributed by atoms with Gasteiger partial charge in [0.05, 0.1) is 12.1 Å². The highest BCUT2D eigenvalue weighted by Gasteiger charge is 2.19. The lowest BCUT2D eigenvalue weighted by molar-refractivity contribution is 0.0516. The van der Waals surface area contributed by atoms with Crippen molar-refractivity contribution in [1.82, 2.24) is 14.1 Å². The predicted octanol–water partition coefficient (Wildman–Crippen LogP) is -0.485. The Morgan fingerprint density at radius 1 is 1.35 bits per heavy atom. The van der Waals surface area contributed by atoms with E-state index < -0.39 is 23.0 Å². The van der Waals surface area contributed by atoms with Crippen LogP contribution >= 0.6 is 0 Å². The Bertz CT molecular complexity index is 818. The first-order valence-corrected chi connectivity index (χ1v) is 5.85. The summed E-state index contributed by atoms with van der Waals surface area (Å²) in [7, 11) is 2.75. The van der Waals surface area contributed by atoms with Crippen LogP contribution in [0.2, 0.25) is 0 Å². The standard InChI is InChI=1S/C12H13N3O5/c1-4-20-11(18)9-7(16)5-6-8(13-9)10(17)15(3)12(19)14(6)2/h5,16H,4H2,1-3H3. The zero-order valence-corrected chi connectivity index (χ0v) is 11.2. The van der Waals surface area contributed by atoms with Crippen LogP contribution in [0.1, 0.15) is 17.4 Å². The highest BCUT2D eigenvalue weighted by Crippen LogP contribution is 2.19. The average molecular weight is 279 g/mol. The van der Waals surface area contributed by atoms with Crippen molar-refractivity contribution >= 4 is 17.0 Å². The molecular formula is C12H13N3O5. The van der Waals surface area contributed by atoms with Crippen molar-refractivity contribution in [3.63, 3.8) is 0 Å². The normalized spacial score (nSPS) is 10.8. The van der Waals surface area contributed by atoms with E-state index in [0.717, 1.165) is 10.6 Å². The van der Waals surface area contributed by atoms with Crippen molar-refractivity contribution in [2.24, 2.45) is 14.1 Å². The molecule has 0 bridgehead atoms. The minimum absolute atomic E-state index is 0.0875. The fourth-order valence-corrected chi connectivity index (χ4v) is 1.83. The van der Waals surface area contributed by atoms with Gasteiger partial charge in [-0.05, 0) is 6.92 Å². The Kier molecular flexibility index (Phi) is 3.31. The first-order valence-electron chi connectivity index (χ1n) is 5.85. The highest BCUT2D eigenvalue weighted by molar-refractivity contribution is 5.93. The smallest absolute Gasteiger partial charge is 0.360 e. The second-order valence-electron chi connectivity index (χ2n) is 4.15.